The Morgan fingerprint density at radius 3 is 2.44 bits per heavy atom. The minimum absolute atomic E-state index is 0.200. The van der Waals surface area contributed by atoms with Crippen LogP contribution in [0.15, 0.2) is 53.4 Å². The first-order valence-corrected chi connectivity index (χ1v) is 10.8. The minimum atomic E-state index is -3.29. The second-order valence-corrected chi connectivity index (χ2v) is 9.32. The highest BCUT2D eigenvalue weighted by Crippen LogP contribution is 2.28. The molecule has 1 fully saturated rings. The van der Waals surface area contributed by atoms with E-state index in [9.17, 15) is 8.42 Å². The Labute approximate surface area is 165 Å². The van der Waals surface area contributed by atoms with E-state index in [1.165, 1.54) is 0 Å². The first-order chi connectivity index (χ1) is 12.9. The van der Waals surface area contributed by atoms with Crippen LogP contribution in [0.4, 0.5) is 0 Å². The van der Waals surface area contributed by atoms with Crippen LogP contribution in [-0.2, 0) is 19.3 Å². The summed E-state index contributed by atoms with van der Waals surface area (Å²) in [4.78, 5) is 0.312. The van der Waals surface area contributed by atoms with Gasteiger partial charge in [-0.05, 0) is 49.7 Å². The van der Waals surface area contributed by atoms with Gasteiger partial charge in [0.2, 0.25) is 0 Å². The molecule has 0 spiro atoms. The number of sulfone groups is 1. The van der Waals surface area contributed by atoms with Crippen LogP contribution in [0.25, 0.3) is 0 Å². The first kappa shape index (κ1) is 20.1. The molecule has 0 saturated carbocycles. The number of rotatable bonds is 7. The van der Waals surface area contributed by atoms with Crippen LogP contribution in [0.2, 0.25) is 5.02 Å². The fourth-order valence-corrected chi connectivity index (χ4v) is 4.24. The molecular formula is C20H23ClO5S. The summed E-state index contributed by atoms with van der Waals surface area (Å²) in [6.45, 7) is 4.32. The van der Waals surface area contributed by atoms with Crippen molar-refractivity contribution in [1.82, 2.24) is 0 Å². The van der Waals surface area contributed by atoms with E-state index >= 15 is 0 Å². The fraction of sp³-hybridized carbons (Fsp3) is 0.400. The maximum absolute atomic E-state index is 12.3. The van der Waals surface area contributed by atoms with Crippen molar-refractivity contribution in [2.75, 3.05) is 13.2 Å². The Morgan fingerprint density at radius 2 is 1.81 bits per heavy atom. The van der Waals surface area contributed by atoms with E-state index in [0.29, 0.717) is 35.3 Å². The molecule has 0 amide bonds. The first-order valence-electron chi connectivity index (χ1n) is 8.89. The van der Waals surface area contributed by atoms with E-state index < -0.39 is 21.4 Å². The SMILES string of the molecule is CCC(C)S(=O)(=O)c1ccc(OCC2COC(c3ccc(Cl)cc3)O2)cc1. The summed E-state index contributed by atoms with van der Waals surface area (Å²) < 4.78 is 41.9. The number of ether oxygens (including phenoxy) is 3. The van der Waals surface area contributed by atoms with E-state index in [1.54, 1.807) is 43.3 Å². The number of hydrogen-bond donors (Lipinski definition) is 0. The minimum Gasteiger partial charge on any atom is -0.491 e. The van der Waals surface area contributed by atoms with Crippen molar-refractivity contribution in [2.45, 2.75) is 42.8 Å². The smallest absolute Gasteiger partial charge is 0.184 e. The summed E-state index contributed by atoms with van der Waals surface area (Å²) in [5.41, 5.74) is 0.904. The van der Waals surface area contributed by atoms with Crippen LogP contribution in [0.5, 0.6) is 5.75 Å². The molecule has 5 nitrogen and oxygen atoms in total. The highest BCUT2D eigenvalue weighted by molar-refractivity contribution is 7.92. The Balaban J connectivity index is 1.54. The predicted octanol–water partition coefficient (Wildman–Crippen LogP) is 4.41. The molecule has 1 heterocycles. The zero-order valence-corrected chi connectivity index (χ0v) is 16.9. The lowest BCUT2D eigenvalue weighted by Crippen LogP contribution is -2.20. The Kier molecular flexibility index (Phi) is 6.42. The van der Waals surface area contributed by atoms with Crippen LogP contribution in [0.3, 0.4) is 0 Å². The number of hydrogen-bond acceptors (Lipinski definition) is 5. The third kappa shape index (κ3) is 4.82. The lowest BCUT2D eigenvalue weighted by Gasteiger charge is -2.14. The van der Waals surface area contributed by atoms with Gasteiger partial charge in [0.1, 0.15) is 18.5 Å². The van der Waals surface area contributed by atoms with Crippen LogP contribution in [0, 0.1) is 0 Å². The van der Waals surface area contributed by atoms with E-state index in [1.807, 2.05) is 19.1 Å². The third-order valence-corrected chi connectivity index (χ3v) is 7.16. The van der Waals surface area contributed by atoms with E-state index in [2.05, 4.69) is 0 Å². The lowest BCUT2D eigenvalue weighted by molar-refractivity contribution is -0.0659. The van der Waals surface area contributed by atoms with E-state index in [0.717, 1.165) is 5.56 Å². The van der Waals surface area contributed by atoms with Gasteiger partial charge in [-0.3, -0.25) is 0 Å². The summed E-state index contributed by atoms with van der Waals surface area (Å²) in [5.74, 6) is 0.594. The molecule has 3 unspecified atom stereocenters. The molecular weight excluding hydrogens is 388 g/mol. The summed E-state index contributed by atoms with van der Waals surface area (Å²) in [7, 11) is -3.29. The normalized spacial score (nSPS) is 21.1. The van der Waals surface area contributed by atoms with Crippen molar-refractivity contribution >= 4 is 21.4 Å². The summed E-state index contributed by atoms with van der Waals surface area (Å²) >= 11 is 5.89. The highest BCUT2D eigenvalue weighted by Gasteiger charge is 2.28. The topological polar surface area (TPSA) is 61.8 Å². The summed E-state index contributed by atoms with van der Waals surface area (Å²) in [6, 6.07) is 13.8. The maximum atomic E-state index is 12.3. The van der Waals surface area contributed by atoms with Crippen LogP contribution >= 0.6 is 11.6 Å². The van der Waals surface area contributed by atoms with Crippen molar-refractivity contribution in [1.29, 1.82) is 0 Å². The molecule has 7 heteroatoms. The van der Waals surface area contributed by atoms with Crippen molar-refractivity contribution < 1.29 is 22.6 Å². The van der Waals surface area contributed by atoms with Crippen LogP contribution in [0.1, 0.15) is 32.1 Å². The Bertz CT molecular complexity index is 849. The zero-order chi connectivity index (χ0) is 19.4. The van der Waals surface area contributed by atoms with Crippen LogP contribution < -0.4 is 4.74 Å². The van der Waals surface area contributed by atoms with Gasteiger partial charge in [-0.15, -0.1) is 0 Å². The molecule has 1 aliphatic heterocycles. The molecule has 2 aromatic rings. The molecule has 0 aromatic heterocycles. The second kappa shape index (κ2) is 8.61. The molecule has 0 N–H and O–H groups in total. The van der Waals surface area contributed by atoms with Gasteiger partial charge in [-0.25, -0.2) is 8.42 Å². The van der Waals surface area contributed by atoms with Gasteiger partial charge in [-0.2, -0.15) is 0 Å². The number of benzene rings is 2. The molecule has 0 radical (unpaired) electrons. The lowest BCUT2D eigenvalue weighted by atomic mass is 10.2. The quantitative estimate of drug-likeness (QED) is 0.676. The number of halogens is 1. The molecule has 0 aliphatic carbocycles. The van der Waals surface area contributed by atoms with Crippen molar-refractivity contribution in [3.8, 4) is 5.75 Å². The second-order valence-electron chi connectivity index (χ2n) is 6.52. The van der Waals surface area contributed by atoms with Gasteiger partial charge in [-0.1, -0.05) is 30.7 Å². The average Bonchev–Trinajstić information content (AvgIpc) is 3.15. The third-order valence-electron chi connectivity index (χ3n) is 4.58. The fourth-order valence-electron chi connectivity index (χ4n) is 2.70. The van der Waals surface area contributed by atoms with Gasteiger partial charge in [0, 0.05) is 10.6 Å². The van der Waals surface area contributed by atoms with Gasteiger partial charge in [0.25, 0.3) is 0 Å². The maximum Gasteiger partial charge on any atom is 0.184 e. The summed E-state index contributed by atoms with van der Waals surface area (Å²) in [5, 5.41) is 0.258. The Morgan fingerprint density at radius 1 is 1.15 bits per heavy atom. The van der Waals surface area contributed by atoms with E-state index in [-0.39, 0.29) is 6.10 Å². The van der Waals surface area contributed by atoms with Gasteiger partial charge >= 0.3 is 0 Å². The highest BCUT2D eigenvalue weighted by atomic mass is 35.5. The van der Waals surface area contributed by atoms with Crippen molar-refractivity contribution in [3.05, 3.63) is 59.1 Å². The molecule has 3 atom stereocenters. The van der Waals surface area contributed by atoms with Gasteiger partial charge < -0.3 is 14.2 Å². The largest absolute Gasteiger partial charge is 0.491 e. The molecule has 27 heavy (non-hydrogen) atoms. The van der Waals surface area contributed by atoms with Crippen LogP contribution in [-0.4, -0.2) is 33.0 Å². The van der Waals surface area contributed by atoms with Gasteiger partial charge in [0.15, 0.2) is 16.1 Å². The van der Waals surface area contributed by atoms with Gasteiger partial charge in [0.05, 0.1) is 16.8 Å². The summed E-state index contributed by atoms with van der Waals surface area (Å²) in [6.07, 6.45) is -0.0536. The monoisotopic (exact) mass is 410 g/mol. The van der Waals surface area contributed by atoms with Crippen molar-refractivity contribution in [2.24, 2.45) is 0 Å². The molecule has 3 rings (SSSR count). The molecule has 1 aliphatic rings. The predicted molar refractivity (Wildman–Crippen MR) is 104 cm³/mol. The zero-order valence-electron chi connectivity index (χ0n) is 15.3. The van der Waals surface area contributed by atoms with Crippen molar-refractivity contribution in [3.63, 3.8) is 0 Å². The molecule has 2 aromatic carbocycles. The molecule has 1 saturated heterocycles. The van der Waals surface area contributed by atoms with E-state index in [4.69, 9.17) is 25.8 Å². The average molecular weight is 411 g/mol. The Hall–Kier alpha value is -1.60. The molecule has 0 bridgehead atoms. The molecule has 146 valence electrons. The standard InChI is InChI=1S/C20H23ClO5S/c1-3-14(2)27(22,23)19-10-8-17(9-11-19)24-12-18-13-25-20(26-18)15-4-6-16(21)7-5-15/h4-11,14,18,20H,3,12-13H2,1-2H3.